The third-order valence-electron chi connectivity index (χ3n) is 5.77. The summed E-state index contributed by atoms with van der Waals surface area (Å²) in [4.78, 5) is 21.6. The van der Waals surface area contributed by atoms with Gasteiger partial charge in [-0.1, -0.05) is 6.07 Å². The van der Waals surface area contributed by atoms with Crippen LogP contribution in [0.4, 0.5) is 35.0 Å². The van der Waals surface area contributed by atoms with Gasteiger partial charge in [0.2, 0.25) is 0 Å². The van der Waals surface area contributed by atoms with Crippen LogP contribution < -0.4 is 20.3 Å². The van der Waals surface area contributed by atoms with Crippen LogP contribution in [0.15, 0.2) is 60.9 Å². The average molecular weight is 483 g/mol. The molecule has 35 heavy (non-hydrogen) atoms. The topological polar surface area (TPSA) is 82.3 Å². The van der Waals surface area contributed by atoms with E-state index in [2.05, 4.69) is 20.6 Å². The first-order chi connectivity index (χ1) is 17.6. The van der Waals surface area contributed by atoms with Crippen LogP contribution >= 0.6 is 0 Å². The van der Waals surface area contributed by atoms with Gasteiger partial charge in [-0.05, 0) is 54.4 Å². The number of rotatable bonds is 5. The number of carbonyl (C=O) groups excluding carboxylic acids is 1. The molecule has 3 N–H and O–H groups in total. The highest BCUT2D eigenvalue weighted by atomic mass is 19.4. The molecule has 5 rings (SSSR count). The maximum Gasteiger partial charge on any atom is 0.416 e. The lowest BCUT2D eigenvalue weighted by molar-refractivity contribution is -0.137. The number of urea groups is 1. The van der Waals surface area contributed by atoms with E-state index < -0.39 is 24.3 Å². The number of fused-ring (bicyclic) bond motifs is 2. The molecule has 180 valence electrons. The van der Waals surface area contributed by atoms with Crippen molar-refractivity contribution in [2.45, 2.75) is 19.1 Å². The van der Waals surface area contributed by atoms with Gasteiger partial charge in [0.05, 0.1) is 21.1 Å². The van der Waals surface area contributed by atoms with Crippen LogP contribution in [0.2, 0.25) is 0 Å². The van der Waals surface area contributed by atoms with Crippen molar-refractivity contribution >= 4 is 34.1 Å². The van der Waals surface area contributed by atoms with E-state index in [-0.39, 0.29) is 11.4 Å². The van der Waals surface area contributed by atoms with Crippen molar-refractivity contribution in [3.05, 3.63) is 77.6 Å². The summed E-state index contributed by atoms with van der Waals surface area (Å²) in [5.74, 6) is 0.0780. The lowest BCUT2D eigenvalue weighted by atomic mass is 10.1. The summed E-state index contributed by atoms with van der Waals surface area (Å²) in [7, 11) is 1.29. The van der Waals surface area contributed by atoms with Gasteiger partial charge in [0.25, 0.3) is 0 Å². The summed E-state index contributed by atoms with van der Waals surface area (Å²) in [6, 6.07) is 10.6. The quantitative estimate of drug-likeness (QED) is 0.335. The fourth-order valence-electron chi connectivity index (χ4n) is 4.13. The second kappa shape index (κ2) is 8.86. The van der Waals surface area contributed by atoms with Crippen LogP contribution in [-0.4, -0.2) is 29.7 Å². The molecule has 0 unspecified atom stereocenters. The molecule has 10 heteroatoms. The number of benzene rings is 2. The molecule has 0 spiro atoms. The molecule has 7 nitrogen and oxygen atoms in total. The Morgan fingerprint density at radius 2 is 2.03 bits per heavy atom. The van der Waals surface area contributed by atoms with E-state index in [1.54, 1.807) is 47.6 Å². The minimum atomic E-state index is -4.58. The fraction of sp³-hybridized carbons (Fsp3) is 0.200. The molecule has 0 atom stereocenters. The first-order valence-corrected chi connectivity index (χ1v) is 10.7. The van der Waals surface area contributed by atoms with Crippen molar-refractivity contribution in [2.75, 3.05) is 29.2 Å². The van der Waals surface area contributed by atoms with Crippen molar-refractivity contribution < 1.29 is 25.4 Å². The van der Waals surface area contributed by atoms with Crippen molar-refractivity contribution in [1.82, 2.24) is 9.97 Å². The molecule has 4 aromatic rings. The predicted octanol–water partition coefficient (Wildman–Crippen LogP) is 5.80. The zero-order valence-electron chi connectivity index (χ0n) is 20.5. The monoisotopic (exact) mass is 483 g/mol. The van der Waals surface area contributed by atoms with Gasteiger partial charge in [0, 0.05) is 47.8 Å². The minimum Gasteiger partial charge on any atom is -0.495 e. The number of aromatic nitrogens is 2. The molecular formula is C25H22F3N5O2. The summed E-state index contributed by atoms with van der Waals surface area (Å²) in [6.45, 7) is -1.51. The highest BCUT2D eigenvalue weighted by Crippen LogP contribution is 2.37. The number of alkyl halides is 3. The number of aromatic amines is 1. The predicted molar refractivity (Wildman–Crippen MR) is 128 cm³/mol. The number of pyridine rings is 1. The van der Waals surface area contributed by atoms with Crippen LogP contribution in [0.25, 0.3) is 11.0 Å². The number of nitrogens with zero attached hydrogens (tertiary/aromatic N) is 2. The lowest BCUT2D eigenvalue weighted by Gasteiger charge is -2.20. The van der Waals surface area contributed by atoms with Crippen LogP contribution in [0.1, 0.15) is 19.4 Å². The molecule has 1 aliphatic heterocycles. The van der Waals surface area contributed by atoms with Crippen LogP contribution in [0.3, 0.4) is 0 Å². The maximum absolute atomic E-state index is 13.2. The number of amides is 2. The van der Waals surface area contributed by atoms with Gasteiger partial charge in [-0.2, -0.15) is 13.2 Å². The Kier molecular flexibility index (Phi) is 5.11. The van der Waals surface area contributed by atoms with Crippen molar-refractivity contribution in [1.29, 1.82) is 0 Å². The summed E-state index contributed by atoms with van der Waals surface area (Å²) < 4.78 is 62.4. The first-order valence-electron chi connectivity index (χ1n) is 11.7. The van der Waals surface area contributed by atoms with Crippen LogP contribution in [0.5, 0.6) is 5.75 Å². The summed E-state index contributed by atoms with van der Waals surface area (Å²) in [5, 5.41) is 5.78. The highest BCUT2D eigenvalue weighted by Gasteiger charge is 2.31. The maximum atomic E-state index is 13.2. The molecular weight excluding hydrogens is 459 g/mol. The Balaban J connectivity index is 1.41. The number of carbonyl (C=O) groups is 1. The van der Waals surface area contributed by atoms with Gasteiger partial charge in [0.15, 0.2) is 0 Å². The van der Waals surface area contributed by atoms with E-state index in [0.717, 1.165) is 23.8 Å². The van der Waals surface area contributed by atoms with E-state index in [4.69, 9.17) is 7.48 Å². The number of H-pyrrole nitrogens is 1. The third kappa shape index (κ3) is 4.46. The number of methoxy groups -OCH3 is 1. The Labute approximate surface area is 201 Å². The number of halogens is 3. The van der Waals surface area contributed by atoms with Crippen LogP contribution in [0, 0.1) is 0 Å². The third-order valence-corrected chi connectivity index (χ3v) is 5.77. The van der Waals surface area contributed by atoms with E-state index >= 15 is 0 Å². The van der Waals surface area contributed by atoms with E-state index in [9.17, 15) is 18.0 Å². The molecule has 0 fully saturated rings. The number of nitrogens with one attached hydrogen (secondary N) is 3. The molecule has 2 amide bonds. The molecule has 0 bridgehead atoms. The Bertz CT molecular complexity index is 1490. The molecule has 3 heterocycles. The molecule has 2 aromatic heterocycles. The largest absolute Gasteiger partial charge is 0.495 e. The molecule has 0 saturated carbocycles. The van der Waals surface area contributed by atoms with Crippen molar-refractivity contribution in [3.63, 3.8) is 0 Å². The zero-order valence-corrected chi connectivity index (χ0v) is 18.5. The second-order valence-corrected chi connectivity index (χ2v) is 7.91. The van der Waals surface area contributed by atoms with Gasteiger partial charge in [-0.15, -0.1) is 0 Å². The smallest absolute Gasteiger partial charge is 0.416 e. The van der Waals surface area contributed by atoms with E-state index in [0.29, 0.717) is 40.9 Å². The molecule has 0 saturated heterocycles. The SMILES string of the molecule is [2H]C([2H])(c1ccnc2[nH]ccc12)N1CCc2c(NC(=O)Nc3cc(C(F)(F)F)ccc3OC)cccc21. The minimum absolute atomic E-state index is 0.0780. The summed E-state index contributed by atoms with van der Waals surface area (Å²) in [6.07, 6.45) is -0.870. The normalized spacial score (nSPS) is 14.3. The first kappa shape index (κ1) is 20.2. The van der Waals surface area contributed by atoms with Gasteiger partial charge in [0.1, 0.15) is 11.4 Å². The Morgan fingerprint density at radius 3 is 2.83 bits per heavy atom. The Morgan fingerprint density at radius 1 is 1.20 bits per heavy atom. The number of ether oxygens (including phenoxy) is 1. The molecule has 2 aromatic carbocycles. The standard InChI is InChI=1S/C25H22F3N5O2/c1-35-22-6-5-16(25(26,27)28)13-20(22)32-24(34)31-19-3-2-4-21-18(19)9-12-33(21)14-15-7-10-29-23-17(15)8-11-30-23/h2-8,10-11,13H,9,12,14H2,1H3,(H,29,30)(H2,31,32,34)/i14D2. The summed E-state index contributed by atoms with van der Waals surface area (Å²) in [5.41, 5.74) is 1.75. The highest BCUT2D eigenvalue weighted by molar-refractivity contribution is 6.01. The van der Waals surface area contributed by atoms with Gasteiger partial charge in [-0.3, -0.25) is 0 Å². The fourth-order valence-corrected chi connectivity index (χ4v) is 4.13. The van der Waals surface area contributed by atoms with Crippen molar-refractivity contribution in [3.8, 4) is 5.75 Å². The number of hydrogen-bond donors (Lipinski definition) is 3. The second-order valence-electron chi connectivity index (χ2n) is 7.91. The number of anilines is 3. The van der Waals surface area contributed by atoms with Crippen molar-refractivity contribution in [2.24, 2.45) is 0 Å². The number of hydrogen-bond acceptors (Lipinski definition) is 4. The average Bonchev–Trinajstić information content (AvgIpc) is 3.51. The molecule has 0 radical (unpaired) electrons. The van der Waals surface area contributed by atoms with E-state index in [1.165, 1.54) is 7.11 Å². The van der Waals surface area contributed by atoms with Gasteiger partial charge < -0.3 is 25.3 Å². The molecule has 1 aliphatic rings. The zero-order chi connectivity index (χ0) is 26.4. The van der Waals surface area contributed by atoms with E-state index in [1.807, 2.05) is 0 Å². The van der Waals surface area contributed by atoms with Crippen LogP contribution in [-0.2, 0) is 19.1 Å². The summed E-state index contributed by atoms with van der Waals surface area (Å²) >= 11 is 0. The van der Waals surface area contributed by atoms with Gasteiger partial charge >= 0.3 is 12.2 Å². The molecule has 0 aliphatic carbocycles. The Hall–Kier alpha value is -4.21. The van der Waals surface area contributed by atoms with Gasteiger partial charge in [-0.25, -0.2) is 9.78 Å². The lowest BCUT2D eigenvalue weighted by Crippen LogP contribution is -2.21.